The summed E-state index contributed by atoms with van der Waals surface area (Å²) in [6, 6.07) is 23.3. The second kappa shape index (κ2) is 9.22. The molecule has 0 spiro atoms. The van der Waals surface area contributed by atoms with Gasteiger partial charge in [-0.1, -0.05) is 54.1 Å². The van der Waals surface area contributed by atoms with Crippen molar-refractivity contribution in [1.82, 2.24) is 15.3 Å². The summed E-state index contributed by atoms with van der Waals surface area (Å²) >= 11 is 0. The highest BCUT2D eigenvalue weighted by molar-refractivity contribution is 5.94. The standard InChI is InChI=1S/C26H23N3O2/c1-18-7-9-20(10-8-18)15-27-25(30)21-11-13-23(14-12-21)31-26-28-16-22(17-29-26)24-6-4-3-5-19(24)2/h3-14,16-17H,15H2,1-2H3,(H,27,30). The minimum atomic E-state index is -0.133. The summed E-state index contributed by atoms with van der Waals surface area (Å²) < 4.78 is 5.72. The van der Waals surface area contributed by atoms with Crippen LogP contribution >= 0.6 is 0 Å². The van der Waals surface area contributed by atoms with Crippen molar-refractivity contribution >= 4 is 5.91 Å². The third-order valence-electron chi connectivity index (χ3n) is 4.98. The molecule has 0 aliphatic rings. The lowest BCUT2D eigenvalue weighted by Gasteiger charge is -2.08. The fourth-order valence-corrected chi connectivity index (χ4v) is 3.17. The maximum atomic E-state index is 12.4. The first kappa shape index (κ1) is 20.3. The molecule has 0 saturated heterocycles. The third-order valence-corrected chi connectivity index (χ3v) is 4.98. The minimum absolute atomic E-state index is 0.133. The molecule has 3 aromatic carbocycles. The van der Waals surface area contributed by atoms with Gasteiger partial charge in [-0.25, -0.2) is 9.97 Å². The summed E-state index contributed by atoms with van der Waals surface area (Å²) in [6.45, 7) is 4.58. The minimum Gasteiger partial charge on any atom is -0.424 e. The van der Waals surface area contributed by atoms with Crippen LogP contribution in [-0.2, 0) is 6.54 Å². The lowest BCUT2D eigenvalue weighted by molar-refractivity contribution is 0.0951. The van der Waals surface area contributed by atoms with E-state index >= 15 is 0 Å². The molecule has 0 bridgehead atoms. The van der Waals surface area contributed by atoms with E-state index in [4.69, 9.17) is 4.74 Å². The molecule has 0 aliphatic carbocycles. The Morgan fingerprint density at radius 2 is 1.55 bits per heavy atom. The van der Waals surface area contributed by atoms with Crippen LogP contribution in [0, 0.1) is 13.8 Å². The molecule has 4 aromatic rings. The first-order chi connectivity index (χ1) is 15.1. The zero-order valence-electron chi connectivity index (χ0n) is 17.5. The molecule has 1 N–H and O–H groups in total. The highest BCUT2D eigenvalue weighted by Crippen LogP contribution is 2.24. The van der Waals surface area contributed by atoms with E-state index in [1.165, 1.54) is 5.56 Å². The van der Waals surface area contributed by atoms with E-state index in [1.54, 1.807) is 36.7 Å². The number of hydrogen-bond donors (Lipinski definition) is 1. The van der Waals surface area contributed by atoms with E-state index < -0.39 is 0 Å². The molecular formula is C26H23N3O2. The van der Waals surface area contributed by atoms with Gasteiger partial charge in [0.1, 0.15) is 5.75 Å². The lowest BCUT2D eigenvalue weighted by Crippen LogP contribution is -2.22. The smallest absolute Gasteiger partial charge is 0.321 e. The Bertz CT molecular complexity index is 1170. The fourth-order valence-electron chi connectivity index (χ4n) is 3.17. The first-order valence-electron chi connectivity index (χ1n) is 10.1. The van der Waals surface area contributed by atoms with Crippen molar-refractivity contribution in [2.24, 2.45) is 0 Å². The van der Waals surface area contributed by atoms with Crippen LogP contribution in [0.5, 0.6) is 11.8 Å². The normalized spacial score (nSPS) is 10.5. The van der Waals surface area contributed by atoms with Gasteiger partial charge in [-0.05, 0) is 54.8 Å². The van der Waals surface area contributed by atoms with Gasteiger partial charge in [-0.3, -0.25) is 4.79 Å². The predicted octanol–water partition coefficient (Wildman–Crippen LogP) is 5.48. The molecule has 0 radical (unpaired) electrons. The molecule has 4 rings (SSSR count). The van der Waals surface area contributed by atoms with E-state index in [2.05, 4.69) is 28.3 Å². The number of aromatic nitrogens is 2. The van der Waals surface area contributed by atoms with Crippen LogP contribution < -0.4 is 10.1 Å². The van der Waals surface area contributed by atoms with Crippen LogP contribution in [-0.4, -0.2) is 15.9 Å². The summed E-state index contributed by atoms with van der Waals surface area (Å²) in [5.41, 5.74) is 6.01. The van der Waals surface area contributed by atoms with Gasteiger partial charge in [0.2, 0.25) is 0 Å². The zero-order valence-corrected chi connectivity index (χ0v) is 17.5. The second-order valence-electron chi connectivity index (χ2n) is 7.36. The molecule has 5 heteroatoms. The molecule has 5 nitrogen and oxygen atoms in total. The average molecular weight is 409 g/mol. The number of nitrogens with one attached hydrogen (secondary N) is 1. The molecule has 0 fully saturated rings. The second-order valence-corrected chi connectivity index (χ2v) is 7.36. The highest BCUT2D eigenvalue weighted by atomic mass is 16.5. The molecule has 1 amide bonds. The number of ether oxygens (including phenoxy) is 1. The molecule has 1 aromatic heterocycles. The van der Waals surface area contributed by atoms with E-state index in [1.807, 2.05) is 49.4 Å². The van der Waals surface area contributed by atoms with E-state index in [-0.39, 0.29) is 11.9 Å². The Hall–Kier alpha value is -3.99. The Morgan fingerprint density at radius 3 is 2.23 bits per heavy atom. The van der Waals surface area contributed by atoms with E-state index in [0.717, 1.165) is 22.3 Å². The number of carbonyl (C=O) groups is 1. The van der Waals surface area contributed by atoms with Gasteiger partial charge in [-0.15, -0.1) is 0 Å². The molecule has 0 atom stereocenters. The number of nitrogens with zero attached hydrogens (tertiary/aromatic N) is 2. The molecule has 0 unspecified atom stereocenters. The van der Waals surface area contributed by atoms with Gasteiger partial charge in [0.25, 0.3) is 5.91 Å². The quantitative estimate of drug-likeness (QED) is 0.458. The summed E-state index contributed by atoms with van der Waals surface area (Å²) in [5.74, 6) is 0.435. The van der Waals surface area contributed by atoms with Crippen LogP contribution in [0.1, 0.15) is 27.0 Å². The van der Waals surface area contributed by atoms with Crippen molar-refractivity contribution in [3.8, 4) is 22.9 Å². The summed E-state index contributed by atoms with van der Waals surface area (Å²) in [6.07, 6.45) is 3.50. The van der Waals surface area contributed by atoms with Crippen molar-refractivity contribution in [2.45, 2.75) is 20.4 Å². The van der Waals surface area contributed by atoms with Crippen molar-refractivity contribution in [3.63, 3.8) is 0 Å². The Kier molecular flexibility index (Phi) is 6.03. The molecule has 0 aliphatic heterocycles. The maximum Gasteiger partial charge on any atom is 0.321 e. The third kappa shape index (κ3) is 5.14. The number of amides is 1. The van der Waals surface area contributed by atoms with Crippen molar-refractivity contribution in [3.05, 3.63) is 107 Å². The van der Waals surface area contributed by atoms with Gasteiger partial charge in [0.15, 0.2) is 0 Å². The van der Waals surface area contributed by atoms with Crippen molar-refractivity contribution in [2.75, 3.05) is 0 Å². The van der Waals surface area contributed by atoms with E-state index in [9.17, 15) is 4.79 Å². The van der Waals surface area contributed by atoms with Crippen LogP contribution in [0.3, 0.4) is 0 Å². The van der Waals surface area contributed by atoms with Gasteiger partial charge in [0, 0.05) is 30.1 Å². The van der Waals surface area contributed by atoms with E-state index in [0.29, 0.717) is 17.9 Å². The van der Waals surface area contributed by atoms with Gasteiger partial charge < -0.3 is 10.1 Å². The number of aryl methyl sites for hydroxylation is 2. The summed E-state index contributed by atoms with van der Waals surface area (Å²) in [5, 5.41) is 2.93. The largest absolute Gasteiger partial charge is 0.424 e. The molecular weight excluding hydrogens is 386 g/mol. The van der Waals surface area contributed by atoms with Crippen molar-refractivity contribution < 1.29 is 9.53 Å². The van der Waals surface area contributed by atoms with Crippen LogP contribution in [0.15, 0.2) is 85.2 Å². The molecule has 31 heavy (non-hydrogen) atoms. The Labute approximate surface area is 181 Å². The predicted molar refractivity (Wildman–Crippen MR) is 121 cm³/mol. The SMILES string of the molecule is Cc1ccc(CNC(=O)c2ccc(Oc3ncc(-c4ccccc4C)cn3)cc2)cc1. The Morgan fingerprint density at radius 1 is 0.871 bits per heavy atom. The molecule has 154 valence electrons. The maximum absolute atomic E-state index is 12.4. The first-order valence-corrected chi connectivity index (χ1v) is 10.1. The number of hydrogen-bond acceptors (Lipinski definition) is 4. The zero-order chi connectivity index (χ0) is 21.6. The topological polar surface area (TPSA) is 64.1 Å². The van der Waals surface area contributed by atoms with Crippen LogP contribution in [0.4, 0.5) is 0 Å². The number of benzene rings is 3. The lowest BCUT2D eigenvalue weighted by atomic mass is 10.0. The monoisotopic (exact) mass is 409 g/mol. The van der Waals surface area contributed by atoms with Gasteiger partial charge in [-0.2, -0.15) is 0 Å². The average Bonchev–Trinajstić information content (AvgIpc) is 2.80. The summed E-state index contributed by atoms with van der Waals surface area (Å²) in [7, 11) is 0. The van der Waals surface area contributed by atoms with Gasteiger partial charge in [0.05, 0.1) is 0 Å². The number of rotatable bonds is 6. The van der Waals surface area contributed by atoms with Crippen LogP contribution in [0.25, 0.3) is 11.1 Å². The number of carbonyl (C=O) groups excluding carboxylic acids is 1. The van der Waals surface area contributed by atoms with Crippen LogP contribution in [0.2, 0.25) is 0 Å². The van der Waals surface area contributed by atoms with Gasteiger partial charge >= 0.3 is 6.01 Å². The Balaban J connectivity index is 1.36. The molecule has 1 heterocycles. The molecule has 0 saturated carbocycles. The van der Waals surface area contributed by atoms with Crippen molar-refractivity contribution in [1.29, 1.82) is 0 Å². The fraction of sp³-hybridized carbons (Fsp3) is 0.115. The highest BCUT2D eigenvalue weighted by Gasteiger charge is 2.08. The summed E-state index contributed by atoms with van der Waals surface area (Å²) in [4.78, 5) is 21.0.